The summed E-state index contributed by atoms with van der Waals surface area (Å²) in [6, 6.07) is 9.79. The SMILES string of the molecule is CC(CCC(C)(F)F)c1ccccc1. The molecular weight excluding hydrogens is 182 g/mol. The number of hydrogen-bond donors (Lipinski definition) is 0. The number of alkyl halides is 2. The zero-order valence-corrected chi connectivity index (χ0v) is 8.63. The summed E-state index contributed by atoms with van der Waals surface area (Å²) >= 11 is 0. The summed E-state index contributed by atoms with van der Waals surface area (Å²) in [7, 11) is 0. The molecule has 1 rings (SSSR count). The van der Waals surface area contributed by atoms with Crippen molar-refractivity contribution in [3.8, 4) is 0 Å². The van der Waals surface area contributed by atoms with Crippen LogP contribution < -0.4 is 0 Å². The van der Waals surface area contributed by atoms with Crippen molar-refractivity contribution in [1.82, 2.24) is 0 Å². The van der Waals surface area contributed by atoms with Gasteiger partial charge in [-0.1, -0.05) is 37.3 Å². The first-order chi connectivity index (χ1) is 6.49. The van der Waals surface area contributed by atoms with Crippen molar-refractivity contribution in [3.63, 3.8) is 0 Å². The predicted octanol–water partition coefficient (Wildman–Crippen LogP) is 4.23. The van der Waals surface area contributed by atoms with Crippen LogP contribution in [0.4, 0.5) is 8.78 Å². The van der Waals surface area contributed by atoms with Crippen molar-refractivity contribution in [2.75, 3.05) is 0 Å². The Bertz CT molecular complexity index is 261. The highest BCUT2D eigenvalue weighted by atomic mass is 19.3. The summed E-state index contributed by atoms with van der Waals surface area (Å²) in [6.07, 6.45) is 0.497. The molecule has 78 valence electrons. The molecule has 0 saturated carbocycles. The fraction of sp³-hybridized carbons (Fsp3) is 0.500. The summed E-state index contributed by atoms with van der Waals surface area (Å²) in [5.74, 6) is -2.33. The number of benzene rings is 1. The van der Waals surface area contributed by atoms with Gasteiger partial charge in [0, 0.05) is 6.42 Å². The molecule has 0 amide bonds. The molecule has 1 unspecified atom stereocenters. The van der Waals surface area contributed by atoms with E-state index in [1.807, 2.05) is 37.3 Å². The fourth-order valence-corrected chi connectivity index (χ4v) is 1.42. The molecule has 1 atom stereocenters. The Morgan fingerprint density at radius 1 is 1.21 bits per heavy atom. The Labute approximate surface area is 84.0 Å². The first-order valence-corrected chi connectivity index (χ1v) is 4.92. The zero-order valence-electron chi connectivity index (χ0n) is 8.63. The van der Waals surface area contributed by atoms with Gasteiger partial charge >= 0.3 is 0 Å². The number of hydrogen-bond acceptors (Lipinski definition) is 0. The normalized spacial score (nSPS) is 14.0. The van der Waals surface area contributed by atoms with Crippen LogP contribution in [-0.4, -0.2) is 5.92 Å². The first kappa shape index (κ1) is 11.2. The largest absolute Gasteiger partial charge is 0.245 e. The Hall–Kier alpha value is -0.920. The molecule has 1 aromatic rings. The van der Waals surface area contributed by atoms with Crippen LogP contribution in [0.15, 0.2) is 30.3 Å². The number of rotatable bonds is 4. The lowest BCUT2D eigenvalue weighted by molar-refractivity contribution is 0.00950. The van der Waals surface area contributed by atoms with E-state index >= 15 is 0 Å². The van der Waals surface area contributed by atoms with E-state index < -0.39 is 5.92 Å². The maximum absolute atomic E-state index is 12.6. The van der Waals surface area contributed by atoms with E-state index in [9.17, 15) is 8.78 Å². The van der Waals surface area contributed by atoms with Gasteiger partial charge in [0.25, 0.3) is 0 Å². The van der Waals surface area contributed by atoms with Crippen molar-refractivity contribution in [1.29, 1.82) is 0 Å². The molecule has 0 N–H and O–H groups in total. The van der Waals surface area contributed by atoms with Gasteiger partial charge in [0.15, 0.2) is 0 Å². The highest BCUT2D eigenvalue weighted by Crippen LogP contribution is 2.26. The molecule has 0 aromatic heterocycles. The topological polar surface area (TPSA) is 0 Å². The average Bonchev–Trinajstić information content (AvgIpc) is 2.14. The third kappa shape index (κ3) is 3.86. The molecule has 2 heteroatoms. The minimum atomic E-state index is -2.54. The van der Waals surface area contributed by atoms with E-state index in [0.29, 0.717) is 6.42 Å². The van der Waals surface area contributed by atoms with E-state index in [2.05, 4.69) is 0 Å². The maximum atomic E-state index is 12.6. The lowest BCUT2D eigenvalue weighted by atomic mass is 9.95. The van der Waals surface area contributed by atoms with Crippen LogP contribution in [0.3, 0.4) is 0 Å². The van der Waals surface area contributed by atoms with Gasteiger partial charge in [-0.3, -0.25) is 0 Å². The third-order valence-corrected chi connectivity index (χ3v) is 2.38. The smallest absolute Gasteiger partial charge is 0.207 e. The van der Waals surface area contributed by atoms with Crippen LogP contribution in [0.1, 0.15) is 38.2 Å². The lowest BCUT2D eigenvalue weighted by Crippen LogP contribution is -2.10. The van der Waals surface area contributed by atoms with Crippen LogP contribution in [0.5, 0.6) is 0 Å². The van der Waals surface area contributed by atoms with Gasteiger partial charge in [-0.25, -0.2) is 8.78 Å². The van der Waals surface area contributed by atoms with Crippen LogP contribution >= 0.6 is 0 Å². The molecule has 0 fully saturated rings. The molecule has 1 aromatic carbocycles. The molecule has 0 nitrogen and oxygen atoms in total. The van der Waals surface area contributed by atoms with Crippen molar-refractivity contribution in [3.05, 3.63) is 35.9 Å². The molecule has 0 aliphatic heterocycles. The number of halogens is 2. The molecule has 0 spiro atoms. The zero-order chi connectivity index (χ0) is 10.6. The Morgan fingerprint density at radius 3 is 2.29 bits per heavy atom. The van der Waals surface area contributed by atoms with E-state index in [1.54, 1.807) is 0 Å². The molecule has 0 aliphatic carbocycles. The van der Waals surface area contributed by atoms with E-state index in [-0.39, 0.29) is 12.3 Å². The van der Waals surface area contributed by atoms with Gasteiger partial charge in [0.05, 0.1) is 0 Å². The fourth-order valence-electron chi connectivity index (χ4n) is 1.42. The van der Waals surface area contributed by atoms with Crippen LogP contribution in [0.25, 0.3) is 0 Å². The summed E-state index contributed by atoms with van der Waals surface area (Å²) in [4.78, 5) is 0. The molecule has 0 saturated heterocycles. The minimum absolute atomic E-state index is 0.0386. The molecular formula is C12H16F2. The van der Waals surface area contributed by atoms with Gasteiger partial charge in [-0.2, -0.15) is 0 Å². The van der Waals surface area contributed by atoms with Gasteiger partial charge in [0.1, 0.15) is 0 Å². The van der Waals surface area contributed by atoms with Crippen LogP contribution in [0.2, 0.25) is 0 Å². The van der Waals surface area contributed by atoms with Gasteiger partial charge < -0.3 is 0 Å². The highest BCUT2D eigenvalue weighted by molar-refractivity contribution is 5.18. The first-order valence-electron chi connectivity index (χ1n) is 4.92. The van der Waals surface area contributed by atoms with Crippen LogP contribution in [0, 0.1) is 0 Å². The summed E-state index contributed by atoms with van der Waals surface area (Å²) in [5, 5.41) is 0. The summed E-state index contributed by atoms with van der Waals surface area (Å²) < 4.78 is 25.2. The Balaban J connectivity index is 2.48. The molecule has 14 heavy (non-hydrogen) atoms. The van der Waals surface area contributed by atoms with Gasteiger partial charge in [0.2, 0.25) is 5.92 Å². The Kier molecular flexibility index (Phi) is 3.62. The molecule has 0 bridgehead atoms. The molecule has 0 heterocycles. The predicted molar refractivity (Wildman–Crippen MR) is 54.7 cm³/mol. The highest BCUT2D eigenvalue weighted by Gasteiger charge is 2.21. The standard InChI is InChI=1S/C12H16F2/c1-10(8-9-12(2,13)14)11-6-4-3-5-7-11/h3-7,10H,8-9H2,1-2H3. The lowest BCUT2D eigenvalue weighted by Gasteiger charge is -2.15. The second-order valence-corrected chi connectivity index (χ2v) is 3.92. The monoisotopic (exact) mass is 198 g/mol. The average molecular weight is 198 g/mol. The van der Waals surface area contributed by atoms with Crippen molar-refractivity contribution < 1.29 is 8.78 Å². The second kappa shape index (κ2) is 4.54. The molecule has 0 aliphatic rings. The van der Waals surface area contributed by atoms with Crippen molar-refractivity contribution in [2.45, 2.75) is 38.5 Å². The quantitative estimate of drug-likeness (QED) is 0.679. The molecule has 0 radical (unpaired) electrons. The van der Waals surface area contributed by atoms with E-state index in [1.165, 1.54) is 0 Å². The second-order valence-electron chi connectivity index (χ2n) is 3.92. The Morgan fingerprint density at radius 2 is 1.79 bits per heavy atom. The van der Waals surface area contributed by atoms with Gasteiger partial charge in [-0.05, 0) is 24.8 Å². The van der Waals surface area contributed by atoms with Crippen molar-refractivity contribution in [2.24, 2.45) is 0 Å². The minimum Gasteiger partial charge on any atom is -0.207 e. The summed E-state index contributed by atoms with van der Waals surface area (Å²) in [6.45, 7) is 2.96. The van der Waals surface area contributed by atoms with E-state index in [4.69, 9.17) is 0 Å². The van der Waals surface area contributed by atoms with Crippen molar-refractivity contribution >= 4 is 0 Å². The third-order valence-electron chi connectivity index (χ3n) is 2.38. The summed E-state index contributed by atoms with van der Waals surface area (Å²) in [5.41, 5.74) is 1.14. The van der Waals surface area contributed by atoms with Crippen LogP contribution in [-0.2, 0) is 0 Å². The maximum Gasteiger partial charge on any atom is 0.245 e. The van der Waals surface area contributed by atoms with Gasteiger partial charge in [-0.15, -0.1) is 0 Å². The van der Waals surface area contributed by atoms with E-state index in [0.717, 1.165) is 12.5 Å².